The third-order valence-electron chi connectivity index (χ3n) is 4.28. The van der Waals surface area contributed by atoms with Gasteiger partial charge in [-0.05, 0) is 38.5 Å². The molecule has 0 aliphatic heterocycles. The largest absolute Gasteiger partial charge is 0.498 e. The number of fused-ring (bicyclic) bond motifs is 1. The average molecular weight is 354 g/mol. The quantitative estimate of drug-likeness (QED) is 0.368. The van der Waals surface area contributed by atoms with Crippen LogP contribution in [0.5, 0.6) is 0 Å². The summed E-state index contributed by atoms with van der Waals surface area (Å²) in [7, 11) is 0. The molecule has 1 N–H and O–H groups in total. The molecule has 0 aliphatic carbocycles. The summed E-state index contributed by atoms with van der Waals surface area (Å²) >= 11 is 0. The lowest BCUT2D eigenvalue weighted by atomic mass is 10.2. The van der Waals surface area contributed by atoms with Gasteiger partial charge in [-0.15, -0.1) is 0 Å². The minimum absolute atomic E-state index is 0.00786. The number of para-hydroxylation sites is 1. The molecule has 1 amide bonds. The molecule has 0 bridgehead atoms. The molecule has 0 fully saturated rings. The number of amides is 1. The number of nitrogens with zero attached hydrogens (tertiary/aromatic N) is 1. The summed E-state index contributed by atoms with van der Waals surface area (Å²) in [6.45, 7) is 8.14. The van der Waals surface area contributed by atoms with Crippen molar-refractivity contribution in [1.29, 1.82) is 0 Å². The number of nitrogens with one attached hydrogen (secondary N) is 1. The van der Waals surface area contributed by atoms with E-state index in [4.69, 9.17) is 4.74 Å². The number of hydrogen-bond acceptors (Lipinski definition) is 2. The Hall–Kier alpha value is -2.49. The van der Waals surface area contributed by atoms with E-state index in [9.17, 15) is 4.79 Å². The molecule has 0 aliphatic rings. The SMILES string of the molecule is C/C=C(\C/C=C\Cn1c(C(=O)NCCCC)cc2ccccc21)OCC. The third kappa shape index (κ3) is 5.25. The number of ether oxygens (including phenoxy) is 1. The molecule has 2 rings (SSSR count). The number of rotatable bonds is 10. The molecule has 4 nitrogen and oxygen atoms in total. The van der Waals surface area contributed by atoms with Crippen molar-refractivity contribution in [2.45, 2.75) is 46.6 Å². The van der Waals surface area contributed by atoms with E-state index < -0.39 is 0 Å². The summed E-state index contributed by atoms with van der Waals surface area (Å²) in [6, 6.07) is 10.1. The van der Waals surface area contributed by atoms with E-state index in [-0.39, 0.29) is 5.91 Å². The van der Waals surface area contributed by atoms with Crippen molar-refractivity contribution in [3.05, 3.63) is 60.0 Å². The zero-order chi connectivity index (χ0) is 18.8. The molecule has 140 valence electrons. The Morgan fingerprint density at radius 2 is 2.04 bits per heavy atom. The van der Waals surface area contributed by atoms with Crippen LogP contribution in [0.15, 0.2) is 54.3 Å². The van der Waals surface area contributed by atoms with E-state index >= 15 is 0 Å². The van der Waals surface area contributed by atoms with Gasteiger partial charge in [-0.25, -0.2) is 0 Å². The molecule has 0 saturated carbocycles. The van der Waals surface area contributed by atoms with Crippen LogP contribution in [0.25, 0.3) is 10.9 Å². The standard InChI is InChI=1S/C22H30N2O2/c1-4-7-15-23-22(25)21-17-18-12-8-9-14-20(18)24(21)16-11-10-13-19(5-2)26-6-3/h5,8-12,14,17H,4,6-7,13,15-16H2,1-3H3,(H,23,25)/b11-10-,19-5+. The zero-order valence-electron chi connectivity index (χ0n) is 16.1. The summed E-state index contributed by atoms with van der Waals surface area (Å²) in [5, 5.41) is 4.11. The first-order chi connectivity index (χ1) is 12.7. The van der Waals surface area contributed by atoms with Crippen LogP contribution < -0.4 is 5.32 Å². The molecule has 2 aromatic rings. The molecule has 0 saturated heterocycles. The van der Waals surface area contributed by atoms with Gasteiger partial charge in [0.2, 0.25) is 0 Å². The second-order valence-electron chi connectivity index (χ2n) is 6.17. The Bertz CT molecular complexity index is 772. The lowest BCUT2D eigenvalue weighted by molar-refractivity contribution is 0.0945. The number of allylic oxidation sites excluding steroid dienone is 3. The molecule has 4 heteroatoms. The third-order valence-corrected chi connectivity index (χ3v) is 4.28. The van der Waals surface area contributed by atoms with Gasteiger partial charge in [-0.1, -0.05) is 43.7 Å². The van der Waals surface area contributed by atoms with E-state index in [0.717, 1.165) is 35.9 Å². The van der Waals surface area contributed by atoms with E-state index in [0.29, 0.717) is 25.4 Å². The number of unbranched alkanes of at least 4 members (excludes halogenated alkanes) is 1. The Balaban J connectivity index is 2.16. The second kappa shape index (κ2) is 10.5. The maximum atomic E-state index is 12.6. The molecule has 1 aromatic carbocycles. The fourth-order valence-corrected chi connectivity index (χ4v) is 2.89. The zero-order valence-corrected chi connectivity index (χ0v) is 16.1. The average Bonchev–Trinajstić information content (AvgIpc) is 3.03. The van der Waals surface area contributed by atoms with Crippen LogP contribution in [-0.4, -0.2) is 23.6 Å². The van der Waals surface area contributed by atoms with Crippen molar-refractivity contribution in [2.75, 3.05) is 13.2 Å². The van der Waals surface area contributed by atoms with Gasteiger partial charge in [0, 0.05) is 30.4 Å². The fraction of sp³-hybridized carbons (Fsp3) is 0.409. The molecular formula is C22H30N2O2. The first kappa shape index (κ1) is 19.8. The first-order valence-electron chi connectivity index (χ1n) is 9.50. The van der Waals surface area contributed by atoms with Crippen LogP contribution in [-0.2, 0) is 11.3 Å². The highest BCUT2D eigenvalue weighted by molar-refractivity contribution is 5.98. The van der Waals surface area contributed by atoms with Gasteiger partial charge in [0.05, 0.1) is 12.4 Å². The molecule has 1 aromatic heterocycles. The normalized spacial score (nSPS) is 12.0. The van der Waals surface area contributed by atoms with Crippen molar-refractivity contribution < 1.29 is 9.53 Å². The Morgan fingerprint density at radius 3 is 2.77 bits per heavy atom. The van der Waals surface area contributed by atoms with Crippen LogP contribution in [0.4, 0.5) is 0 Å². The van der Waals surface area contributed by atoms with E-state index in [1.165, 1.54) is 0 Å². The number of carbonyl (C=O) groups is 1. The summed E-state index contributed by atoms with van der Waals surface area (Å²) < 4.78 is 7.63. The first-order valence-corrected chi connectivity index (χ1v) is 9.50. The smallest absolute Gasteiger partial charge is 0.267 e. The molecule has 0 radical (unpaired) electrons. The predicted molar refractivity (Wildman–Crippen MR) is 108 cm³/mol. The van der Waals surface area contributed by atoms with Crippen LogP contribution in [0.1, 0.15) is 50.5 Å². The van der Waals surface area contributed by atoms with Gasteiger partial charge in [-0.2, -0.15) is 0 Å². The van der Waals surface area contributed by atoms with E-state index in [1.807, 2.05) is 44.2 Å². The maximum absolute atomic E-state index is 12.6. The fourth-order valence-electron chi connectivity index (χ4n) is 2.89. The van der Waals surface area contributed by atoms with Crippen molar-refractivity contribution in [3.63, 3.8) is 0 Å². The summed E-state index contributed by atoms with van der Waals surface area (Å²) in [5.74, 6) is 0.963. The van der Waals surface area contributed by atoms with Crippen LogP contribution in [0.2, 0.25) is 0 Å². The van der Waals surface area contributed by atoms with E-state index in [1.54, 1.807) is 0 Å². The summed E-state index contributed by atoms with van der Waals surface area (Å²) in [6.07, 6.45) is 9.01. The highest BCUT2D eigenvalue weighted by Crippen LogP contribution is 2.20. The van der Waals surface area contributed by atoms with Crippen molar-refractivity contribution in [3.8, 4) is 0 Å². The van der Waals surface area contributed by atoms with Gasteiger partial charge in [0.1, 0.15) is 5.69 Å². The summed E-state index contributed by atoms with van der Waals surface area (Å²) in [5.41, 5.74) is 1.79. The molecule has 0 unspecified atom stereocenters. The lowest BCUT2D eigenvalue weighted by Gasteiger charge is -2.09. The number of hydrogen-bond donors (Lipinski definition) is 1. The van der Waals surface area contributed by atoms with Crippen molar-refractivity contribution >= 4 is 16.8 Å². The Labute approximate surface area is 156 Å². The molecule has 0 spiro atoms. The number of benzene rings is 1. The lowest BCUT2D eigenvalue weighted by Crippen LogP contribution is -2.26. The second-order valence-corrected chi connectivity index (χ2v) is 6.17. The summed E-state index contributed by atoms with van der Waals surface area (Å²) in [4.78, 5) is 12.6. The molecular weight excluding hydrogens is 324 g/mol. The van der Waals surface area contributed by atoms with Gasteiger partial charge < -0.3 is 14.6 Å². The minimum Gasteiger partial charge on any atom is -0.498 e. The van der Waals surface area contributed by atoms with Gasteiger partial charge >= 0.3 is 0 Å². The number of carbonyl (C=O) groups excluding carboxylic acids is 1. The topological polar surface area (TPSA) is 43.3 Å². The monoisotopic (exact) mass is 354 g/mol. The maximum Gasteiger partial charge on any atom is 0.267 e. The highest BCUT2D eigenvalue weighted by atomic mass is 16.5. The van der Waals surface area contributed by atoms with Crippen molar-refractivity contribution in [2.24, 2.45) is 0 Å². The molecule has 1 heterocycles. The predicted octanol–water partition coefficient (Wildman–Crippen LogP) is 5.06. The highest BCUT2D eigenvalue weighted by Gasteiger charge is 2.14. The van der Waals surface area contributed by atoms with Crippen LogP contribution in [0, 0.1) is 0 Å². The molecule has 0 atom stereocenters. The van der Waals surface area contributed by atoms with Gasteiger partial charge in [-0.3, -0.25) is 4.79 Å². The number of aromatic nitrogens is 1. The minimum atomic E-state index is -0.00786. The Morgan fingerprint density at radius 1 is 1.23 bits per heavy atom. The van der Waals surface area contributed by atoms with Gasteiger partial charge in [0.25, 0.3) is 5.91 Å². The Kier molecular flexibility index (Phi) is 8.00. The van der Waals surface area contributed by atoms with Crippen molar-refractivity contribution in [1.82, 2.24) is 9.88 Å². The van der Waals surface area contributed by atoms with Crippen LogP contribution in [0.3, 0.4) is 0 Å². The van der Waals surface area contributed by atoms with Gasteiger partial charge in [0.15, 0.2) is 0 Å². The van der Waals surface area contributed by atoms with E-state index in [2.05, 4.69) is 35.0 Å². The van der Waals surface area contributed by atoms with Crippen LogP contribution >= 0.6 is 0 Å². The molecule has 26 heavy (non-hydrogen) atoms.